The fraction of sp³-hybridized carbons (Fsp3) is 0.118. The average molecular weight is 430 g/mol. The molecule has 3 heterocycles. The maximum Gasteiger partial charge on any atom is 0.435 e. The number of alkyl halides is 3. The molecule has 3 aromatic heterocycles. The smallest absolute Gasteiger partial charge is 0.354 e. The fourth-order valence-electron chi connectivity index (χ4n) is 2.81. The predicted octanol–water partition coefficient (Wildman–Crippen LogP) is 4.88. The molecule has 0 amide bonds. The summed E-state index contributed by atoms with van der Waals surface area (Å²) < 4.78 is 75.1. The van der Waals surface area contributed by atoms with E-state index in [9.17, 15) is 22.0 Å². The number of rotatable bonds is 3. The van der Waals surface area contributed by atoms with Crippen LogP contribution in [0.2, 0.25) is 5.15 Å². The molecule has 0 saturated carbocycles. The van der Waals surface area contributed by atoms with Gasteiger partial charge >= 0.3 is 6.18 Å². The van der Waals surface area contributed by atoms with E-state index in [0.29, 0.717) is 0 Å². The summed E-state index contributed by atoms with van der Waals surface area (Å²) in [5.41, 5.74) is -2.26. The third-order valence-electron chi connectivity index (χ3n) is 4.08. The lowest BCUT2D eigenvalue weighted by atomic mass is 10.1. The minimum absolute atomic E-state index is 0.0200. The van der Waals surface area contributed by atoms with Crippen molar-refractivity contribution in [1.29, 1.82) is 0 Å². The maximum atomic E-state index is 14.0. The Balaban J connectivity index is 1.85. The molecule has 0 atom stereocenters. The number of hydrogen-bond acceptors (Lipinski definition) is 4. The minimum atomic E-state index is -4.81. The second-order valence-electron chi connectivity index (χ2n) is 5.92. The van der Waals surface area contributed by atoms with Crippen LogP contribution in [0.15, 0.2) is 41.2 Å². The van der Waals surface area contributed by atoms with E-state index in [0.717, 1.165) is 27.7 Å². The molecule has 0 aliphatic heterocycles. The molecular weight excluding hydrogens is 421 g/mol. The second-order valence-corrected chi connectivity index (χ2v) is 6.28. The van der Waals surface area contributed by atoms with E-state index < -0.39 is 29.1 Å². The highest BCUT2D eigenvalue weighted by Crippen LogP contribution is 2.42. The molecule has 12 heteroatoms. The van der Waals surface area contributed by atoms with Crippen molar-refractivity contribution in [2.45, 2.75) is 6.18 Å². The topological polar surface area (TPSA) is 61.7 Å². The number of benzene rings is 1. The molecule has 0 saturated heterocycles. The molecule has 29 heavy (non-hydrogen) atoms. The van der Waals surface area contributed by atoms with Crippen LogP contribution in [0.1, 0.15) is 5.69 Å². The van der Waals surface area contributed by atoms with E-state index in [-0.39, 0.29) is 27.9 Å². The zero-order valence-corrected chi connectivity index (χ0v) is 15.1. The Hall–Kier alpha value is -3.21. The molecule has 0 fully saturated rings. The van der Waals surface area contributed by atoms with Crippen molar-refractivity contribution in [3.05, 3.63) is 59.1 Å². The number of nitrogens with zero attached hydrogens (tertiary/aromatic N) is 5. The van der Waals surface area contributed by atoms with Gasteiger partial charge in [-0.1, -0.05) is 22.8 Å². The van der Waals surface area contributed by atoms with Crippen LogP contribution < -0.4 is 0 Å². The highest BCUT2D eigenvalue weighted by molar-refractivity contribution is 6.32. The third-order valence-corrected chi connectivity index (χ3v) is 4.51. The predicted molar refractivity (Wildman–Crippen MR) is 91.2 cm³/mol. The first kappa shape index (κ1) is 19.1. The van der Waals surface area contributed by atoms with Crippen molar-refractivity contribution in [2.75, 3.05) is 0 Å². The molecule has 0 radical (unpaired) electrons. The summed E-state index contributed by atoms with van der Waals surface area (Å²) in [7, 11) is 1.24. The first-order valence-corrected chi connectivity index (χ1v) is 8.31. The van der Waals surface area contributed by atoms with Gasteiger partial charge in [-0.2, -0.15) is 23.4 Å². The van der Waals surface area contributed by atoms with Gasteiger partial charge in [-0.25, -0.2) is 13.5 Å². The first-order valence-electron chi connectivity index (χ1n) is 7.93. The number of aromatic nitrogens is 5. The lowest BCUT2D eigenvalue weighted by molar-refractivity contribution is -0.141. The number of halogens is 6. The molecule has 150 valence electrons. The van der Waals surface area contributed by atoms with E-state index in [4.69, 9.17) is 16.1 Å². The SMILES string of the molecule is Cn1nc(C(F)(F)F)c(-c2oncc2-n2ccc(-c3c(F)cccc3F)n2)c1Cl. The van der Waals surface area contributed by atoms with Gasteiger partial charge in [-0.05, 0) is 18.2 Å². The average Bonchev–Trinajstić information content (AvgIpc) is 3.34. The summed E-state index contributed by atoms with van der Waals surface area (Å²) in [6.07, 6.45) is -2.40. The van der Waals surface area contributed by atoms with Crippen LogP contribution in [-0.2, 0) is 13.2 Å². The summed E-state index contributed by atoms with van der Waals surface area (Å²) >= 11 is 6.00. The van der Waals surface area contributed by atoms with E-state index in [1.807, 2.05) is 0 Å². The van der Waals surface area contributed by atoms with Gasteiger partial charge in [0, 0.05) is 13.2 Å². The molecule has 4 rings (SSSR count). The van der Waals surface area contributed by atoms with Crippen molar-refractivity contribution in [3.8, 4) is 28.3 Å². The van der Waals surface area contributed by atoms with E-state index in [1.54, 1.807) is 0 Å². The van der Waals surface area contributed by atoms with E-state index >= 15 is 0 Å². The Bertz CT molecular complexity index is 1190. The molecular formula is C17H9ClF5N5O. The fourth-order valence-corrected chi connectivity index (χ4v) is 3.02. The van der Waals surface area contributed by atoms with Gasteiger partial charge in [0.05, 0.1) is 23.0 Å². The lowest BCUT2D eigenvalue weighted by Gasteiger charge is -2.06. The highest BCUT2D eigenvalue weighted by Gasteiger charge is 2.41. The lowest BCUT2D eigenvalue weighted by Crippen LogP contribution is -2.08. The van der Waals surface area contributed by atoms with Gasteiger partial charge in [0.25, 0.3) is 0 Å². The van der Waals surface area contributed by atoms with Gasteiger partial charge in [0.2, 0.25) is 0 Å². The molecule has 1 aromatic carbocycles. The molecule has 0 bridgehead atoms. The van der Waals surface area contributed by atoms with Crippen LogP contribution in [0.25, 0.3) is 28.3 Å². The van der Waals surface area contributed by atoms with Crippen molar-refractivity contribution < 1.29 is 26.5 Å². The van der Waals surface area contributed by atoms with E-state index in [2.05, 4.69) is 15.4 Å². The highest BCUT2D eigenvalue weighted by atomic mass is 35.5. The second kappa shape index (κ2) is 6.69. The largest absolute Gasteiger partial charge is 0.435 e. The summed E-state index contributed by atoms with van der Waals surface area (Å²) in [5.74, 6) is -2.02. The zero-order chi connectivity index (χ0) is 20.9. The summed E-state index contributed by atoms with van der Waals surface area (Å²) in [6.45, 7) is 0. The summed E-state index contributed by atoms with van der Waals surface area (Å²) in [5, 5.41) is 10.6. The molecule has 6 nitrogen and oxygen atoms in total. The van der Waals surface area contributed by atoms with Crippen LogP contribution >= 0.6 is 11.6 Å². The van der Waals surface area contributed by atoms with E-state index in [1.165, 1.54) is 25.4 Å². The number of hydrogen-bond donors (Lipinski definition) is 0. The standard InChI is InChI=1S/C17H9ClF5N5O/c1-27-16(18)13(15(26-27)17(21,22)23)14-11(7-24-29-14)28-6-5-10(25-28)12-8(19)3-2-4-9(12)20/h2-7H,1H3. The van der Waals surface area contributed by atoms with Crippen LogP contribution in [0.3, 0.4) is 0 Å². The molecule has 0 unspecified atom stereocenters. The summed E-state index contributed by atoms with van der Waals surface area (Å²) in [6, 6.07) is 4.63. The Kier molecular flexibility index (Phi) is 4.41. The van der Waals surface area contributed by atoms with Crippen molar-refractivity contribution >= 4 is 11.6 Å². The first-order chi connectivity index (χ1) is 13.7. The van der Waals surface area contributed by atoms with Crippen LogP contribution in [0, 0.1) is 11.6 Å². The Labute approximate surface area is 164 Å². The zero-order valence-electron chi connectivity index (χ0n) is 14.4. The quantitative estimate of drug-likeness (QED) is 0.436. The third kappa shape index (κ3) is 3.16. The Morgan fingerprint density at radius 2 is 1.72 bits per heavy atom. The van der Waals surface area contributed by atoms with Gasteiger partial charge < -0.3 is 4.52 Å². The molecule has 4 aromatic rings. The van der Waals surface area contributed by atoms with Crippen LogP contribution in [0.5, 0.6) is 0 Å². The molecule has 0 aliphatic carbocycles. The molecule has 0 spiro atoms. The van der Waals surface area contributed by atoms with Crippen LogP contribution in [-0.4, -0.2) is 24.7 Å². The van der Waals surface area contributed by atoms with Crippen molar-refractivity contribution in [1.82, 2.24) is 24.7 Å². The summed E-state index contributed by atoms with van der Waals surface area (Å²) in [4.78, 5) is 0. The monoisotopic (exact) mass is 429 g/mol. The maximum absolute atomic E-state index is 14.0. The van der Waals surface area contributed by atoms with Crippen molar-refractivity contribution in [3.63, 3.8) is 0 Å². The van der Waals surface area contributed by atoms with Gasteiger partial charge in [0.15, 0.2) is 11.5 Å². The van der Waals surface area contributed by atoms with Gasteiger partial charge in [-0.15, -0.1) is 0 Å². The van der Waals surface area contributed by atoms with Gasteiger partial charge in [-0.3, -0.25) is 4.68 Å². The Morgan fingerprint density at radius 1 is 1.03 bits per heavy atom. The van der Waals surface area contributed by atoms with Crippen LogP contribution in [0.4, 0.5) is 22.0 Å². The molecule has 0 aliphatic rings. The number of aryl methyl sites for hydroxylation is 1. The minimum Gasteiger partial charge on any atom is -0.354 e. The Morgan fingerprint density at radius 3 is 2.38 bits per heavy atom. The van der Waals surface area contributed by atoms with Crippen molar-refractivity contribution in [2.24, 2.45) is 7.05 Å². The van der Waals surface area contributed by atoms with Gasteiger partial charge in [0.1, 0.15) is 22.5 Å². The normalized spacial score (nSPS) is 12.0. The molecule has 0 N–H and O–H groups in total.